The van der Waals surface area contributed by atoms with Gasteiger partial charge in [-0.05, 0) is 52.2 Å². The van der Waals surface area contributed by atoms with Crippen LogP contribution >= 0.6 is 12.4 Å². The largest absolute Gasteiger partial charge is 0.468 e. The molecule has 0 aliphatic heterocycles. The van der Waals surface area contributed by atoms with Gasteiger partial charge in [0, 0.05) is 18.0 Å². The fourth-order valence-corrected chi connectivity index (χ4v) is 4.03. The minimum absolute atomic E-state index is 0. The molecule has 32 heavy (non-hydrogen) atoms. The number of rotatable bonds is 8. The number of aldehydes is 1. The second-order valence-corrected chi connectivity index (χ2v) is 7.91. The molecule has 9 nitrogen and oxygen atoms in total. The summed E-state index contributed by atoms with van der Waals surface area (Å²) in [5, 5.41) is 9.68. The third kappa shape index (κ3) is 14.7. The number of methoxy groups -OCH3 is 2. The zero-order valence-corrected chi connectivity index (χ0v) is 21.0. The van der Waals surface area contributed by atoms with Gasteiger partial charge in [0.15, 0.2) is 0 Å². The van der Waals surface area contributed by atoms with E-state index in [2.05, 4.69) is 25.4 Å². The van der Waals surface area contributed by atoms with E-state index in [1.54, 1.807) is 0 Å². The maximum absolute atomic E-state index is 10.9. The lowest BCUT2D eigenvalue weighted by molar-refractivity contribution is -0.140. The van der Waals surface area contributed by atoms with Crippen LogP contribution in [0.3, 0.4) is 0 Å². The number of carbonyl (C=O) groups excluding carboxylic acids is 3. The number of hydrogen-bond acceptors (Lipinski definition) is 9. The van der Waals surface area contributed by atoms with Crippen LogP contribution in [0.4, 0.5) is 0 Å². The molecule has 0 amide bonds. The minimum Gasteiger partial charge on any atom is -0.468 e. The van der Waals surface area contributed by atoms with Gasteiger partial charge >= 0.3 is 11.9 Å². The molecule has 4 atom stereocenters. The fourth-order valence-electron chi connectivity index (χ4n) is 4.03. The first-order valence-electron chi connectivity index (χ1n) is 11.3. The van der Waals surface area contributed by atoms with Crippen LogP contribution in [0.5, 0.6) is 0 Å². The number of nitrogens with two attached hydrogens (primary N) is 1. The average molecular weight is 481 g/mol. The second kappa shape index (κ2) is 21.6. The van der Waals surface area contributed by atoms with Crippen LogP contribution in [0.1, 0.15) is 51.4 Å². The van der Waals surface area contributed by atoms with Crippen molar-refractivity contribution in [2.45, 2.75) is 63.5 Å². The minimum atomic E-state index is -0.380. The Hall–Kier alpha value is -1.26. The quantitative estimate of drug-likeness (QED) is 0.297. The SMILES string of the molecule is CN[C@@H]1CCCC[C@H]1C=O.CN[C@@H]1CCCC[C@H]1CNCC(=O)OC.COC(=O)CN.Cl. The summed E-state index contributed by atoms with van der Waals surface area (Å²) < 4.78 is 8.71. The highest BCUT2D eigenvalue weighted by molar-refractivity contribution is 5.85. The zero-order chi connectivity index (χ0) is 23.5. The standard InChI is InChI=1S/C11H22N2O2.C8H15NO.C3H7NO2.ClH/c1-12-10-6-4-3-5-9(10)7-13-8-11(14)15-2;1-9-8-5-3-2-4-7(8)6-10;1-6-3(5)2-4;/h9-10,12-13H,3-8H2,1-2H3;6-9H,2-5H2,1H3;2,4H2,1H3;1H/t9-,10+;7-,8+;;/m00../s1. The van der Waals surface area contributed by atoms with E-state index in [1.165, 1.54) is 59.2 Å². The highest BCUT2D eigenvalue weighted by Gasteiger charge is 2.23. The third-order valence-corrected chi connectivity index (χ3v) is 5.94. The summed E-state index contributed by atoms with van der Waals surface area (Å²) in [6.07, 6.45) is 11.0. The van der Waals surface area contributed by atoms with Crippen molar-refractivity contribution in [2.24, 2.45) is 17.6 Å². The van der Waals surface area contributed by atoms with E-state index in [4.69, 9.17) is 5.73 Å². The van der Waals surface area contributed by atoms with Crippen molar-refractivity contribution in [2.75, 3.05) is 47.9 Å². The lowest BCUT2D eigenvalue weighted by Crippen LogP contribution is -2.42. The molecule has 0 saturated heterocycles. The molecule has 0 bridgehead atoms. The van der Waals surface area contributed by atoms with Gasteiger partial charge < -0.3 is 36.0 Å². The Balaban J connectivity index is 0. The zero-order valence-electron chi connectivity index (χ0n) is 20.2. The topological polar surface area (TPSA) is 132 Å². The predicted octanol–water partition coefficient (Wildman–Crippen LogP) is 1.03. The molecule has 2 aliphatic rings. The molecule has 0 aromatic carbocycles. The van der Waals surface area contributed by atoms with Crippen molar-refractivity contribution in [3.05, 3.63) is 0 Å². The summed E-state index contributed by atoms with van der Waals surface area (Å²) in [6, 6.07) is 1.05. The number of halogens is 1. The lowest BCUT2D eigenvalue weighted by atomic mass is 9.84. The molecule has 0 aromatic rings. The molecule has 0 spiro atoms. The predicted molar refractivity (Wildman–Crippen MR) is 129 cm³/mol. The average Bonchev–Trinajstić information content (AvgIpc) is 2.84. The van der Waals surface area contributed by atoms with Crippen LogP contribution in [0.15, 0.2) is 0 Å². The molecule has 2 aliphatic carbocycles. The van der Waals surface area contributed by atoms with E-state index in [0.29, 0.717) is 24.5 Å². The molecule has 0 aromatic heterocycles. The van der Waals surface area contributed by atoms with Crippen molar-refractivity contribution in [1.29, 1.82) is 0 Å². The van der Waals surface area contributed by atoms with Crippen LogP contribution < -0.4 is 21.7 Å². The Morgan fingerprint density at radius 3 is 1.88 bits per heavy atom. The van der Waals surface area contributed by atoms with E-state index in [9.17, 15) is 14.4 Å². The van der Waals surface area contributed by atoms with Crippen molar-refractivity contribution in [3.8, 4) is 0 Å². The molecule has 0 heterocycles. The summed E-state index contributed by atoms with van der Waals surface area (Å²) >= 11 is 0. The molecule has 2 rings (SSSR count). The summed E-state index contributed by atoms with van der Waals surface area (Å²) in [5.41, 5.74) is 4.81. The highest BCUT2D eigenvalue weighted by Crippen LogP contribution is 2.23. The molecular weight excluding hydrogens is 436 g/mol. The first-order valence-corrected chi connectivity index (χ1v) is 11.3. The van der Waals surface area contributed by atoms with E-state index < -0.39 is 0 Å². The fraction of sp³-hybridized carbons (Fsp3) is 0.864. The number of hydrogen-bond donors (Lipinski definition) is 4. The number of ether oxygens (including phenoxy) is 2. The molecule has 2 saturated carbocycles. The van der Waals surface area contributed by atoms with E-state index in [0.717, 1.165) is 19.3 Å². The monoisotopic (exact) mass is 480 g/mol. The highest BCUT2D eigenvalue weighted by atomic mass is 35.5. The van der Waals surface area contributed by atoms with E-state index >= 15 is 0 Å². The molecule has 0 radical (unpaired) electrons. The molecule has 190 valence electrons. The maximum atomic E-state index is 10.9. The molecule has 5 N–H and O–H groups in total. The van der Waals surface area contributed by atoms with Gasteiger partial charge in [0.1, 0.15) is 6.29 Å². The van der Waals surface area contributed by atoms with Gasteiger partial charge in [0.05, 0.1) is 27.3 Å². The van der Waals surface area contributed by atoms with Crippen molar-refractivity contribution in [3.63, 3.8) is 0 Å². The first kappa shape index (κ1) is 32.9. The first-order chi connectivity index (χ1) is 15.0. The van der Waals surface area contributed by atoms with E-state index in [1.807, 2.05) is 14.1 Å². The van der Waals surface area contributed by atoms with Crippen LogP contribution in [0.2, 0.25) is 0 Å². The third-order valence-electron chi connectivity index (χ3n) is 5.94. The Morgan fingerprint density at radius 2 is 1.44 bits per heavy atom. The smallest absolute Gasteiger partial charge is 0.319 e. The maximum Gasteiger partial charge on any atom is 0.319 e. The molecule has 2 fully saturated rings. The van der Waals surface area contributed by atoms with Gasteiger partial charge in [-0.25, -0.2) is 0 Å². The van der Waals surface area contributed by atoms with Gasteiger partial charge in [0.25, 0.3) is 0 Å². The summed E-state index contributed by atoms with van der Waals surface area (Å²) in [5.74, 6) is 0.356. The van der Waals surface area contributed by atoms with Gasteiger partial charge in [-0.15, -0.1) is 12.4 Å². The number of carbonyl (C=O) groups is 3. The normalized spacial score (nSPS) is 24.3. The van der Waals surface area contributed by atoms with Gasteiger partial charge in [-0.3, -0.25) is 9.59 Å². The van der Waals surface area contributed by atoms with Crippen molar-refractivity contribution < 1.29 is 23.9 Å². The summed E-state index contributed by atoms with van der Waals surface area (Å²) in [7, 11) is 6.67. The second-order valence-electron chi connectivity index (χ2n) is 7.91. The van der Waals surface area contributed by atoms with Crippen LogP contribution in [0, 0.1) is 11.8 Å². The van der Waals surface area contributed by atoms with Crippen LogP contribution in [-0.2, 0) is 23.9 Å². The summed E-state index contributed by atoms with van der Waals surface area (Å²) in [6.45, 7) is 1.19. The van der Waals surface area contributed by atoms with Crippen LogP contribution in [-0.4, -0.2) is 78.3 Å². The van der Waals surface area contributed by atoms with Gasteiger partial charge in [-0.2, -0.15) is 0 Å². The van der Waals surface area contributed by atoms with E-state index in [-0.39, 0.29) is 36.8 Å². The van der Waals surface area contributed by atoms with Gasteiger partial charge in [-0.1, -0.05) is 25.7 Å². The van der Waals surface area contributed by atoms with Gasteiger partial charge in [0.2, 0.25) is 0 Å². The summed E-state index contributed by atoms with van der Waals surface area (Å²) in [4.78, 5) is 31.2. The Morgan fingerprint density at radius 1 is 0.906 bits per heavy atom. The number of nitrogens with one attached hydrogen (secondary N) is 3. The van der Waals surface area contributed by atoms with Crippen LogP contribution in [0.25, 0.3) is 0 Å². The molecule has 0 unspecified atom stereocenters. The Bertz CT molecular complexity index is 493. The van der Waals surface area contributed by atoms with Crippen molar-refractivity contribution in [1.82, 2.24) is 16.0 Å². The Labute approximate surface area is 199 Å². The molecular formula is C22H45ClN4O5. The lowest BCUT2D eigenvalue weighted by Gasteiger charge is -2.31. The molecule has 10 heteroatoms. The number of esters is 2. The Kier molecular flexibility index (Phi) is 22.2. The van der Waals surface area contributed by atoms with Crippen molar-refractivity contribution >= 4 is 30.6 Å².